The van der Waals surface area contributed by atoms with E-state index in [1.807, 2.05) is 32.0 Å². The largest absolute Gasteiger partial charge is 0.493 e. The molecule has 0 amide bonds. The fourth-order valence-electron chi connectivity index (χ4n) is 2.13. The first-order valence-corrected chi connectivity index (χ1v) is 7.80. The lowest BCUT2D eigenvalue weighted by molar-refractivity contribution is 0.280. The Bertz CT molecular complexity index is 589. The van der Waals surface area contributed by atoms with Crippen LogP contribution in [0.3, 0.4) is 0 Å². The lowest BCUT2D eigenvalue weighted by Gasteiger charge is -2.15. The molecular weight excluding hydrogens is 284 g/mol. The van der Waals surface area contributed by atoms with Crippen molar-refractivity contribution in [2.24, 2.45) is 5.73 Å². The zero-order chi connectivity index (χ0) is 15.4. The fourth-order valence-corrected chi connectivity index (χ4v) is 2.98. The zero-order valence-corrected chi connectivity index (χ0v) is 13.8. The Labute approximate surface area is 129 Å². The van der Waals surface area contributed by atoms with E-state index in [-0.39, 0.29) is 6.04 Å². The summed E-state index contributed by atoms with van der Waals surface area (Å²) < 4.78 is 11.4. The summed E-state index contributed by atoms with van der Waals surface area (Å²) in [6.45, 7) is 6.52. The molecule has 5 heteroatoms. The van der Waals surface area contributed by atoms with Crippen LogP contribution in [-0.2, 0) is 13.0 Å². The molecule has 0 aliphatic rings. The summed E-state index contributed by atoms with van der Waals surface area (Å²) in [5.41, 5.74) is 8.04. The number of para-hydroxylation sites is 1. The van der Waals surface area contributed by atoms with E-state index in [9.17, 15) is 0 Å². The Morgan fingerprint density at radius 1 is 1.33 bits per heavy atom. The number of aryl methyl sites for hydroxylation is 2. The van der Waals surface area contributed by atoms with Crippen molar-refractivity contribution < 1.29 is 9.47 Å². The van der Waals surface area contributed by atoms with E-state index >= 15 is 0 Å². The van der Waals surface area contributed by atoms with Crippen LogP contribution in [0.15, 0.2) is 18.2 Å². The maximum Gasteiger partial charge on any atom is 0.165 e. The van der Waals surface area contributed by atoms with Crippen molar-refractivity contribution in [3.63, 3.8) is 0 Å². The van der Waals surface area contributed by atoms with E-state index in [0.717, 1.165) is 34.2 Å². The smallest absolute Gasteiger partial charge is 0.165 e. The number of aromatic nitrogens is 1. The van der Waals surface area contributed by atoms with Gasteiger partial charge in [0.15, 0.2) is 11.5 Å². The van der Waals surface area contributed by atoms with Crippen LogP contribution in [0.4, 0.5) is 0 Å². The molecule has 0 spiro atoms. The Kier molecular flexibility index (Phi) is 5.20. The molecule has 0 radical (unpaired) electrons. The van der Waals surface area contributed by atoms with Crippen LogP contribution in [0.5, 0.6) is 11.5 Å². The standard InChI is InChI=1S/C16H22N2O2S/c1-10(17)8-13-6-5-7-14(19-4)16(13)20-9-15-18-11(2)12(3)21-15/h5-7,10H,8-9,17H2,1-4H3. The van der Waals surface area contributed by atoms with E-state index in [1.54, 1.807) is 18.4 Å². The molecule has 0 aliphatic carbocycles. The van der Waals surface area contributed by atoms with Gasteiger partial charge in [-0.05, 0) is 38.8 Å². The number of benzene rings is 1. The SMILES string of the molecule is COc1cccc(CC(C)N)c1OCc1nc(C)c(C)s1. The number of nitrogens with zero attached hydrogens (tertiary/aromatic N) is 1. The Balaban J connectivity index is 2.20. The molecule has 1 atom stereocenters. The molecule has 4 nitrogen and oxygen atoms in total. The number of ether oxygens (including phenoxy) is 2. The first-order valence-electron chi connectivity index (χ1n) is 6.98. The van der Waals surface area contributed by atoms with E-state index in [1.165, 1.54) is 4.88 Å². The number of hydrogen-bond acceptors (Lipinski definition) is 5. The highest BCUT2D eigenvalue weighted by Crippen LogP contribution is 2.33. The average Bonchev–Trinajstić information content (AvgIpc) is 2.75. The molecule has 2 rings (SSSR count). The third kappa shape index (κ3) is 3.95. The fraction of sp³-hybridized carbons (Fsp3) is 0.438. The highest BCUT2D eigenvalue weighted by Gasteiger charge is 2.13. The molecule has 2 N–H and O–H groups in total. The van der Waals surface area contributed by atoms with Crippen molar-refractivity contribution in [2.45, 2.75) is 39.8 Å². The Hall–Kier alpha value is -1.59. The molecule has 1 unspecified atom stereocenters. The van der Waals surface area contributed by atoms with Gasteiger partial charge in [0.1, 0.15) is 11.6 Å². The van der Waals surface area contributed by atoms with Gasteiger partial charge in [-0.2, -0.15) is 0 Å². The topological polar surface area (TPSA) is 57.4 Å². The van der Waals surface area contributed by atoms with Crippen molar-refractivity contribution in [1.29, 1.82) is 0 Å². The number of methoxy groups -OCH3 is 1. The van der Waals surface area contributed by atoms with Gasteiger partial charge in [0, 0.05) is 10.9 Å². The Morgan fingerprint density at radius 2 is 2.10 bits per heavy atom. The maximum absolute atomic E-state index is 5.98. The number of thiazole rings is 1. The average molecular weight is 306 g/mol. The molecule has 0 bridgehead atoms. The molecule has 1 aromatic carbocycles. The van der Waals surface area contributed by atoms with E-state index < -0.39 is 0 Å². The third-order valence-corrected chi connectivity index (χ3v) is 4.28. The molecule has 2 aromatic rings. The summed E-state index contributed by atoms with van der Waals surface area (Å²) in [7, 11) is 1.65. The third-order valence-electron chi connectivity index (χ3n) is 3.24. The molecular formula is C16H22N2O2S. The summed E-state index contributed by atoms with van der Waals surface area (Å²) in [4.78, 5) is 5.73. The minimum absolute atomic E-state index is 0.0730. The van der Waals surface area contributed by atoms with Gasteiger partial charge < -0.3 is 15.2 Å². The van der Waals surface area contributed by atoms with Gasteiger partial charge in [0.2, 0.25) is 0 Å². The summed E-state index contributed by atoms with van der Waals surface area (Å²) in [6.07, 6.45) is 0.752. The van der Waals surface area contributed by atoms with Crippen molar-refractivity contribution in [3.05, 3.63) is 39.3 Å². The van der Waals surface area contributed by atoms with Gasteiger partial charge in [0.25, 0.3) is 0 Å². The van der Waals surface area contributed by atoms with Crippen LogP contribution in [0, 0.1) is 13.8 Å². The van der Waals surface area contributed by atoms with Crippen LogP contribution in [0.1, 0.15) is 28.1 Å². The maximum atomic E-state index is 5.98. The zero-order valence-electron chi connectivity index (χ0n) is 13.0. The molecule has 1 aromatic heterocycles. The lowest BCUT2D eigenvalue weighted by atomic mass is 10.1. The van der Waals surface area contributed by atoms with Crippen LogP contribution in [0.25, 0.3) is 0 Å². The molecule has 0 saturated carbocycles. The minimum Gasteiger partial charge on any atom is -0.493 e. The molecule has 1 heterocycles. The number of nitrogens with two attached hydrogens (primary N) is 1. The van der Waals surface area contributed by atoms with Crippen LogP contribution < -0.4 is 15.2 Å². The summed E-state index contributed by atoms with van der Waals surface area (Å²) in [5, 5.41) is 0.975. The summed E-state index contributed by atoms with van der Waals surface area (Å²) in [5.74, 6) is 1.50. The highest BCUT2D eigenvalue weighted by molar-refractivity contribution is 7.11. The summed E-state index contributed by atoms with van der Waals surface area (Å²) >= 11 is 1.67. The second kappa shape index (κ2) is 6.91. The molecule has 21 heavy (non-hydrogen) atoms. The van der Waals surface area contributed by atoms with Gasteiger partial charge in [-0.15, -0.1) is 11.3 Å². The molecule has 0 fully saturated rings. The second-order valence-corrected chi connectivity index (χ2v) is 6.46. The van der Waals surface area contributed by atoms with Gasteiger partial charge in [0.05, 0.1) is 12.8 Å². The van der Waals surface area contributed by atoms with Crippen molar-refractivity contribution in [3.8, 4) is 11.5 Å². The molecule has 114 valence electrons. The van der Waals surface area contributed by atoms with Gasteiger partial charge in [-0.1, -0.05) is 12.1 Å². The predicted octanol–water partition coefficient (Wildman–Crippen LogP) is 3.24. The van der Waals surface area contributed by atoms with Gasteiger partial charge >= 0.3 is 0 Å². The highest BCUT2D eigenvalue weighted by atomic mass is 32.1. The van der Waals surface area contributed by atoms with E-state index in [2.05, 4.69) is 11.9 Å². The van der Waals surface area contributed by atoms with Crippen LogP contribution in [-0.4, -0.2) is 18.1 Å². The van der Waals surface area contributed by atoms with Crippen molar-refractivity contribution in [1.82, 2.24) is 4.98 Å². The number of hydrogen-bond donors (Lipinski definition) is 1. The van der Waals surface area contributed by atoms with Crippen molar-refractivity contribution >= 4 is 11.3 Å². The van der Waals surface area contributed by atoms with Gasteiger partial charge in [-0.3, -0.25) is 0 Å². The monoisotopic (exact) mass is 306 g/mol. The normalized spacial score (nSPS) is 12.2. The molecule has 0 aliphatic heterocycles. The minimum atomic E-state index is 0.0730. The van der Waals surface area contributed by atoms with Crippen LogP contribution in [0.2, 0.25) is 0 Å². The Morgan fingerprint density at radius 3 is 2.67 bits per heavy atom. The number of rotatable bonds is 6. The van der Waals surface area contributed by atoms with Gasteiger partial charge in [-0.25, -0.2) is 4.98 Å². The quantitative estimate of drug-likeness (QED) is 0.890. The van der Waals surface area contributed by atoms with E-state index in [0.29, 0.717) is 6.61 Å². The van der Waals surface area contributed by atoms with Crippen molar-refractivity contribution in [2.75, 3.05) is 7.11 Å². The first kappa shape index (κ1) is 15.8. The summed E-state index contributed by atoms with van der Waals surface area (Å²) in [6, 6.07) is 5.96. The second-order valence-electron chi connectivity index (χ2n) is 5.17. The first-order chi connectivity index (χ1) is 10.0. The predicted molar refractivity (Wildman–Crippen MR) is 86.3 cm³/mol. The van der Waals surface area contributed by atoms with E-state index in [4.69, 9.17) is 15.2 Å². The molecule has 0 saturated heterocycles. The lowest BCUT2D eigenvalue weighted by Crippen LogP contribution is -2.18. The van der Waals surface area contributed by atoms with Crippen LogP contribution >= 0.6 is 11.3 Å².